The standard InChI is InChI=1S/C29H42N8O6/c1-19-24(17-42-26-9-7-22(28(35-26)40-5)15-30-11-13-32-20(2)38)37(4)25(34-19)18-43-27-10-8-23(29(36-27)41-6)16-31-12-14-33-21(3)39/h7-10,24,30-31H,11-18H2,1-6H3,(H-,32,33,38,39)/p+1. The number of likely N-dealkylation sites (N-methyl/N-ethyl adjacent to an activating group) is 1. The highest BCUT2D eigenvalue weighted by atomic mass is 16.5. The summed E-state index contributed by atoms with van der Waals surface area (Å²) in [6, 6.07) is 7.32. The van der Waals surface area contributed by atoms with E-state index in [1.54, 1.807) is 20.3 Å². The van der Waals surface area contributed by atoms with Crippen molar-refractivity contribution < 1.29 is 33.1 Å². The van der Waals surface area contributed by atoms with Gasteiger partial charge in [0.2, 0.25) is 35.3 Å². The van der Waals surface area contributed by atoms with E-state index in [0.29, 0.717) is 69.4 Å². The number of aromatic nitrogens is 2. The first-order chi connectivity index (χ1) is 20.7. The fourth-order valence-electron chi connectivity index (χ4n) is 4.27. The number of aliphatic imine (C=N–C) groups is 1. The van der Waals surface area contributed by atoms with Crippen molar-refractivity contribution in [3.05, 3.63) is 35.4 Å². The van der Waals surface area contributed by atoms with Gasteiger partial charge in [-0.3, -0.25) is 9.59 Å². The number of nitrogens with zero attached hydrogens (tertiary/aromatic N) is 4. The van der Waals surface area contributed by atoms with Gasteiger partial charge < -0.3 is 40.2 Å². The highest BCUT2D eigenvalue weighted by Crippen LogP contribution is 2.22. The van der Waals surface area contributed by atoms with Gasteiger partial charge in [0.15, 0.2) is 18.4 Å². The van der Waals surface area contributed by atoms with Crippen LogP contribution in [-0.2, 0) is 22.7 Å². The number of hydrogen-bond acceptors (Lipinski definition) is 11. The predicted molar refractivity (Wildman–Crippen MR) is 161 cm³/mol. The Morgan fingerprint density at radius 2 is 1.33 bits per heavy atom. The second kappa shape index (κ2) is 17.0. The molecule has 14 nitrogen and oxygen atoms in total. The molecular weight excluding hydrogens is 556 g/mol. The third kappa shape index (κ3) is 10.5. The Hall–Kier alpha value is -4.30. The Bertz CT molecular complexity index is 1320. The molecule has 234 valence electrons. The molecule has 0 aliphatic carbocycles. The highest BCUT2D eigenvalue weighted by Gasteiger charge is 2.34. The third-order valence-electron chi connectivity index (χ3n) is 6.60. The van der Waals surface area contributed by atoms with Crippen molar-refractivity contribution in [3.8, 4) is 23.5 Å². The summed E-state index contributed by atoms with van der Waals surface area (Å²) in [5.41, 5.74) is 2.67. The van der Waals surface area contributed by atoms with Gasteiger partial charge in [-0.2, -0.15) is 9.97 Å². The topological polar surface area (TPSA) is 160 Å². The number of nitrogens with one attached hydrogen (secondary N) is 4. The maximum atomic E-state index is 11.0. The summed E-state index contributed by atoms with van der Waals surface area (Å²) in [5, 5.41) is 12.0. The van der Waals surface area contributed by atoms with Gasteiger partial charge in [-0.05, 0) is 17.1 Å². The molecule has 4 N–H and O–H groups in total. The van der Waals surface area contributed by atoms with Crippen LogP contribution in [0, 0.1) is 0 Å². The van der Waals surface area contributed by atoms with Crippen molar-refractivity contribution in [1.29, 1.82) is 0 Å². The Morgan fingerprint density at radius 1 is 0.814 bits per heavy atom. The number of amides is 2. The first-order valence-electron chi connectivity index (χ1n) is 14.1. The van der Waals surface area contributed by atoms with E-state index in [1.807, 2.05) is 36.7 Å². The average molecular weight is 600 g/mol. The van der Waals surface area contributed by atoms with Crippen LogP contribution in [0.3, 0.4) is 0 Å². The molecule has 1 unspecified atom stereocenters. The zero-order valence-electron chi connectivity index (χ0n) is 25.8. The zero-order valence-corrected chi connectivity index (χ0v) is 25.8. The van der Waals surface area contributed by atoms with Gasteiger partial charge in [0.1, 0.15) is 6.61 Å². The second-order valence-corrected chi connectivity index (χ2v) is 9.85. The number of rotatable bonds is 18. The normalized spacial score (nSPS) is 14.3. The molecule has 2 aromatic rings. The molecule has 2 aromatic heterocycles. The van der Waals surface area contributed by atoms with Gasteiger partial charge in [-0.1, -0.05) is 0 Å². The molecule has 0 spiro atoms. The summed E-state index contributed by atoms with van der Waals surface area (Å²) < 4.78 is 24.9. The molecule has 0 saturated carbocycles. The van der Waals surface area contributed by atoms with Crippen LogP contribution in [0.5, 0.6) is 23.5 Å². The average Bonchev–Trinajstić information content (AvgIpc) is 3.26. The number of carbonyl (C=O) groups excluding carboxylic acids is 2. The van der Waals surface area contributed by atoms with Crippen molar-refractivity contribution >= 4 is 23.4 Å². The summed E-state index contributed by atoms with van der Waals surface area (Å²) in [4.78, 5) is 35.6. The number of hydrogen-bond donors (Lipinski definition) is 4. The lowest BCUT2D eigenvalue weighted by molar-refractivity contribution is -0.519. The van der Waals surface area contributed by atoms with E-state index in [-0.39, 0.29) is 24.5 Å². The summed E-state index contributed by atoms with van der Waals surface area (Å²) in [6.45, 7) is 8.94. The van der Waals surface area contributed by atoms with Crippen molar-refractivity contribution in [2.75, 3.05) is 60.7 Å². The molecule has 2 amide bonds. The maximum absolute atomic E-state index is 11.0. The molecule has 3 heterocycles. The van der Waals surface area contributed by atoms with E-state index in [0.717, 1.165) is 22.7 Å². The van der Waals surface area contributed by atoms with Gasteiger partial charge in [-0.25, -0.2) is 4.58 Å². The van der Waals surface area contributed by atoms with E-state index in [1.165, 1.54) is 13.8 Å². The number of carbonyl (C=O) groups is 2. The summed E-state index contributed by atoms with van der Waals surface area (Å²) in [7, 11) is 5.08. The molecule has 43 heavy (non-hydrogen) atoms. The van der Waals surface area contributed by atoms with E-state index < -0.39 is 0 Å². The van der Waals surface area contributed by atoms with Gasteiger partial charge in [-0.15, -0.1) is 0 Å². The Morgan fingerprint density at radius 3 is 1.81 bits per heavy atom. The second-order valence-electron chi connectivity index (χ2n) is 9.85. The van der Waals surface area contributed by atoms with Crippen molar-refractivity contribution in [2.45, 2.75) is 39.9 Å². The maximum Gasteiger partial charge on any atom is 0.332 e. The number of amidine groups is 1. The van der Waals surface area contributed by atoms with Crippen molar-refractivity contribution in [2.24, 2.45) is 4.99 Å². The van der Waals surface area contributed by atoms with Crippen LogP contribution in [0.2, 0.25) is 0 Å². The van der Waals surface area contributed by atoms with Crippen LogP contribution >= 0.6 is 0 Å². The number of methoxy groups -OCH3 is 2. The van der Waals surface area contributed by atoms with Crippen LogP contribution < -0.4 is 40.2 Å². The molecule has 0 radical (unpaired) electrons. The quantitative estimate of drug-likeness (QED) is 0.139. The lowest BCUT2D eigenvalue weighted by Crippen LogP contribution is -2.34. The summed E-state index contributed by atoms with van der Waals surface area (Å²) >= 11 is 0. The van der Waals surface area contributed by atoms with Crippen LogP contribution in [-0.4, -0.2) is 105 Å². The SMILES string of the molecule is COc1nc(OCC2=[N+](C)C(COc3ccc(CNCCNC(C)=O)c(OC)n3)C(C)=N2)ccc1CNCCNC(C)=O. The third-order valence-corrected chi connectivity index (χ3v) is 6.60. The number of pyridine rings is 2. The molecule has 14 heteroatoms. The molecule has 3 rings (SSSR count). The van der Waals surface area contributed by atoms with Crippen LogP contribution in [0.4, 0.5) is 0 Å². The molecule has 1 atom stereocenters. The molecular formula is C29H43N8O6+. The highest BCUT2D eigenvalue weighted by molar-refractivity contribution is 6.01. The van der Waals surface area contributed by atoms with Crippen LogP contribution in [0.25, 0.3) is 0 Å². The fourth-order valence-corrected chi connectivity index (χ4v) is 4.27. The van der Waals surface area contributed by atoms with Crippen molar-refractivity contribution in [1.82, 2.24) is 31.2 Å². The van der Waals surface area contributed by atoms with Crippen LogP contribution in [0.1, 0.15) is 31.9 Å². The van der Waals surface area contributed by atoms with Crippen molar-refractivity contribution in [3.63, 3.8) is 0 Å². The molecule has 0 bridgehead atoms. The number of ether oxygens (including phenoxy) is 4. The lowest BCUT2D eigenvalue weighted by Gasteiger charge is -2.14. The minimum atomic E-state index is -0.0880. The summed E-state index contributed by atoms with van der Waals surface area (Å²) in [5.74, 6) is 2.45. The minimum Gasteiger partial charge on any atom is -0.481 e. The molecule has 0 aromatic carbocycles. The first kappa shape index (κ1) is 33.2. The molecule has 0 fully saturated rings. The van der Waals surface area contributed by atoms with Gasteiger partial charge in [0, 0.05) is 83.3 Å². The van der Waals surface area contributed by atoms with Gasteiger partial charge in [0.25, 0.3) is 0 Å². The Kier molecular flexibility index (Phi) is 13.1. The smallest absolute Gasteiger partial charge is 0.332 e. The minimum absolute atomic E-state index is 0.0576. The summed E-state index contributed by atoms with van der Waals surface area (Å²) in [6.07, 6.45) is 0. The molecule has 1 aliphatic rings. The van der Waals surface area contributed by atoms with Gasteiger partial charge in [0.05, 0.1) is 21.3 Å². The molecule has 0 saturated heterocycles. The van der Waals surface area contributed by atoms with E-state index in [9.17, 15) is 9.59 Å². The van der Waals surface area contributed by atoms with E-state index >= 15 is 0 Å². The van der Waals surface area contributed by atoms with E-state index in [2.05, 4.69) is 31.2 Å². The fraction of sp³-hybridized carbons (Fsp3) is 0.517. The van der Waals surface area contributed by atoms with Crippen LogP contribution in [0.15, 0.2) is 29.3 Å². The monoisotopic (exact) mass is 599 g/mol. The lowest BCUT2D eigenvalue weighted by atomic mass is 10.2. The Labute approximate surface area is 252 Å². The van der Waals surface area contributed by atoms with Gasteiger partial charge >= 0.3 is 5.84 Å². The predicted octanol–water partition coefficient (Wildman–Crippen LogP) is 0.287. The molecule has 1 aliphatic heterocycles. The van der Waals surface area contributed by atoms with E-state index in [4.69, 9.17) is 23.9 Å². The first-order valence-corrected chi connectivity index (χ1v) is 14.1. The zero-order chi connectivity index (χ0) is 31.2. The largest absolute Gasteiger partial charge is 0.481 e. The Balaban J connectivity index is 1.52.